The molecular formula is C14H24N4. The minimum Gasteiger partial charge on any atom is -0.353 e. The molecule has 0 amide bonds. The highest BCUT2D eigenvalue weighted by Gasteiger charge is 2.11. The van der Waals surface area contributed by atoms with Crippen LogP contribution in [0.25, 0.3) is 0 Å². The molecule has 0 aliphatic heterocycles. The number of anilines is 1. The van der Waals surface area contributed by atoms with Gasteiger partial charge in [-0.2, -0.15) is 0 Å². The summed E-state index contributed by atoms with van der Waals surface area (Å²) >= 11 is 0. The van der Waals surface area contributed by atoms with E-state index in [0.717, 1.165) is 36.8 Å². The van der Waals surface area contributed by atoms with Crippen molar-refractivity contribution in [1.29, 1.82) is 0 Å². The van der Waals surface area contributed by atoms with Gasteiger partial charge in [-0.3, -0.25) is 0 Å². The maximum atomic E-state index is 4.57. The van der Waals surface area contributed by atoms with Crippen molar-refractivity contribution in [2.24, 2.45) is 0 Å². The summed E-state index contributed by atoms with van der Waals surface area (Å²) in [6.07, 6.45) is 3.82. The molecule has 18 heavy (non-hydrogen) atoms. The van der Waals surface area contributed by atoms with Crippen molar-refractivity contribution in [1.82, 2.24) is 15.3 Å². The molecule has 0 saturated heterocycles. The SMILES string of the molecule is C=CCN(CC)c1nc(C)ncc1CNC(C)C. The molecule has 0 aliphatic carbocycles. The molecular weight excluding hydrogens is 224 g/mol. The number of aromatic nitrogens is 2. The van der Waals surface area contributed by atoms with Crippen molar-refractivity contribution >= 4 is 5.82 Å². The van der Waals surface area contributed by atoms with Crippen LogP contribution in [0, 0.1) is 6.92 Å². The van der Waals surface area contributed by atoms with Crippen LogP contribution < -0.4 is 10.2 Å². The van der Waals surface area contributed by atoms with Crippen molar-refractivity contribution in [3.8, 4) is 0 Å². The smallest absolute Gasteiger partial charge is 0.137 e. The van der Waals surface area contributed by atoms with Crippen molar-refractivity contribution < 1.29 is 0 Å². The lowest BCUT2D eigenvalue weighted by atomic mass is 10.2. The average Bonchev–Trinajstić information content (AvgIpc) is 2.34. The Morgan fingerprint density at radius 3 is 2.78 bits per heavy atom. The number of rotatable bonds is 7. The maximum absolute atomic E-state index is 4.57. The Kier molecular flexibility index (Phi) is 5.78. The zero-order chi connectivity index (χ0) is 13.5. The molecule has 1 rings (SSSR count). The molecule has 0 spiro atoms. The van der Waals surface area contributed by atoms with Gasteiger partial charge in [-0.15, -0.1) is 6.58 Å². The molecule has 0 bridgehead atoms. The van der Waals surface area contributed by atoms with E-state index in [1.807, 2.05) is 19.2 Å². The molecule has 0 aliphatic rings. The van der Waals surface area contributed by atoms with Crippen LogP contribution in [-0.2, 0) is 6.54 Å². The molecule has 0 saturated carbocycles. The highest BCUT2D eigenvalue weighted by Crippen LogP contribution is 2.17. The summed E-state index contributed by atoms with van der Waals surface area (Å²) in [5.74, 6) is 1.82. The second-order valence-electron chi connectivity index (χ2n) is 4.63. The van der Waals surface area contributed by atoms with E-state index in [0.29, 0.717) is 6.04 Å². The Morgan fingerprint density at radius 1 is 1.50 bits per heavy atom. The van der Waals surface area contributed by atoms with Gasteiger partial charge in [0.1, 0.15) is 11.6 Å². The minimum absolute atomic E-state index is 0.452. The summed E-state index contributed by atoms with van der Waals surface area (Å²) in [6.45, 7) is 14.6. The predicted molar refractivity (Wildman–Crippen MR) is 76.8 cm³/mol. The molecule has 0 unspecified atom stereocenters. The van der Waals surface area contributed by atoms with Gasteiger partial charge in [0.2, 0.25) is 0 Å². The Balaban J connectivity index is 2.97. The summed E-state index contributed by atoms with van der Waals surface area (Å²) in [5, 5.41) is 3.41. The summed E-state index contributed by atoms with van der Waals surface area (Å²) in [7, 11) is 0. The van der Waals surface area contributed by atoms with E-state index in [4.69, 9.17) is 0 Å². The lowest BCUT2D eigenvalue weighted by Crippen LogP contribution is -2.28. The molecule has 1 N–H and O–H groups in total. The number of hydrogen-bond acceptors (Lipinski definition) is 4. The second-order valence-corrected chi connectivity index (χ2v) is 4.63. The van der Waals surface area contributed by atoms with Gasteiger partial charge in [0, 0.05) is 37.4 Å². The third kappa shape index (κ3) is 4.11. The lowest BCUT2D eigenvalue weighted by molar-refractivity contribution is 0.585. The first-order chi connectivity index (χ1) is 8.58. The largest absolute Gasteiger partial charge is 0.353 e. The molecule has 0 atom stereocenters. The van der Waals surface area contributed by atoms with Crippen molar-refractivity contribution in [3.05, 3.63) is 30.2 Å². The van der Waals surface area contributed by atoms with Gasteiger partial charge in [-0.05, 0) is 13.8 Å². The quantitative estimate of drug-likeness (QED) is 0.752. The van der Waals surface area contributed by atoms with Crippen LogP contribution in [0.2, 0.25) is 0 Å². The van der Waals surface area contributed by atoms with Crippen LogP contribution in [0.15, 0.2) is 18.9 Å². The zero-order valence-corrected chi connectivity index (χ0v) is 11.9. The summed E-state index contributed by atoms with van der Waals surface area (Å²) in [4.78, 5) is 11.1. The molecule has 1 heterocycles. The van der Waals surface area contributed by atoms with Crippen molar-refractivity contribution in [2.75, 3.05) is 18.0 Å². The Labute approximate surface area is 110 Å². The van der Waals surface area contributed by atoms with Crippen molar-refractivity contribution in [2.45, 2.75) is 40.3 Å². The van der Waals surface area contributed by atoms with Crippen molar-refractivity contribution in [3.63, 3.8) is 0 Å². The molecule has 100 valence electrons. The molecule has 4 nitrogen and oxygen atoms in total. The zero-order valence-electron chi connectivity index (χ0n) is 11.9. The third-order valence-corrected chi connectivity index (χ3v) is 2.69. The standard InChI is InChI=1S/C14H24N4/c1-6-8-18(7-2)14-13(9-15-11(3)4)10-16-12(5)17-14/h6,10-11,15H,1,7-9H2,2-5H3. The van der Waals surface area contributed by atoms with E-state index in [2.05, 4.69) is 47.5 Å². The predicted octanol–water partition coefficient (Wildman–Crippen LogP) is 2.30. The average molecular weight is 248 g/mol. The molecule has 4 heteroatoms. The Hall–Kier alpha value is -1.42. The Morgan fingerprint density at radius 2 is 2.22 bits per heavy atom. The van der Waals surface area contributed by atoms with E-state index in [1.54, 1.807) is 0 Å². The molecule has 0 radical (unpaired) electrons. The van der Waals surface area contributed by atoms with E-state index < -0.39 is 0 Å². The second kappa shape index (κ2) is 7.11. The number of nitrogens with zero attached hydrogens (tertiary/aromatic N) is 3. The fraction of sp³-hybridized carbons (Fsp3) is 0.571. The topological polar surface area (TPSA) is 41.1 Å². The normalized spacial score (nSPS) is 10.7. The van der Waals surface area contributed by atoms with Gasteiger partial charge in [-0.1, -0.05) is 19.9 Å². The van der Waals surface area contributed by atoms with Crippen LogP contribution in [0.1, 0.15) is 32.2 Å². The number of hydrogen-bond donors (Lipinski definition) is 1. The molecule has 1 aromatic heterocycles. The van der Waals surface area contributed by atoms with Crippen LogP contribution in [0.4, 0.5) is 5.82 Å². The van der Waals surface area contributed by atoms with E-state index in [9.17, 15) is 0 Å². The van der Waals surface area contributed by atoms with Gasteiger partial charge in [0.05, 0.1) is 0 Å². The highest BCUT2D eigenvalue weighted by molar-refractivity contribution is 5.46. The first kappa shape index (κ1) is 14.6. The van der Waals surface area contributed by atoms with Crippen LogP contribution in [0.3, 0.4) is 0 Å². The van der Waals surface area contributed by atoms with Crippen LogP contribution in [0.5, 0.6) is 0 Å². The minimum atomic E-state index is 0.452. The molecule has 0 aromatic carbocycles. The van der Waals surface area contributed by atoms with E-state index in [1.165, 1.54) is 0 Å². The fourth-order valence-electron chi connectivity index (χ4n) is 1.72. The molecule has 1 aromatic rings. The van der Waals surface area contributed by atoms with Crippen LogP contribution in [-0.4, -0.2) is 29.1 Å². The monoisotopic (exact) mass is 248 g/mol. The summed E-state index contributed by atoms with van der Waals surface area (Å²) < 4.78 is 0. The van der Waals surface area contributed by atoms with Gasteiger partial charge >= 0.3 is 0 Å². The van der Waals surface area contributed by atoms with Gasteiger partial charge < -0.3 is 10.2 Å². The lowest BCUT2D eigenvalue weighted by Gasteiger charge is -2.23. The highest BCUT2D eigenvalue weighted by atomic mass is 15.2. The number of aryl methyl sites for hydroxylation is 1. The Bertz CT molecular complexity index is 387. The van der Waals surface area contributed by atoms with Crippen LogP contribution >= 0.6 is 0 Å². The number of likely N-dealkylation sites (N-methyl/N-ethyl adjacent to an activating group) is 1. The summed E-state index contributed by atoms with van der Waals surface area (Å²) in [6, 6.07) is 0.452. The summed E-state index contributed by atoms with van der Waals surface area (Å²) in [5.41, 5.74) is 1.14. The molecule has 0 fully saturated rings. The van der Waals surface area contributed by atoms with Gasteiger partial charge in [0.25, 0.3) is 0 Å². The van der Waals surface area contributed by atoms with Gasteiger partial charge in [0.15, 0.2) is 0 Å². The fourth-order valence-corrected chi connectivity index (χ4v) is 1.72. The van der Waals surface area contributed by atoms with E-state index in [-0.39, 0.29) is 0 Å². The van der Waals surface area contributed by atoms with E-state index >= 15 is 0 Å². The van der Waals surface area contributed by atoms with Gasteiger partial charge in [-0.25, -0.2) is 9.97 Å². The third-order valence-electron chi connectivity index (χ3n) is 2.69. The first-order valence-electron chi connectivity index (χ1n) is 6.50. The number of nitrogens with one attached hydrogen (secondary N) is 1. The maximum Gasteiger partial charge on any atom is 0.137 e. The first-order valence-corrected chi connectivity index (χ1v) is 6.50.